The number of esters is 3. The van der Waals surface area contributed by atoms with Gasteiger partial charge in [-0.3, -0.25) is 14.4 Å². The molecular formula is C63H118O6. The third kappa shape index (κ3) is 56.7. The topological polar surface area (TPSA) is 78.9 Å². The summed E-state index contributed by atoms with van der Waals surface area (Å²) >= 11 is 0. The van der Waals surface area contributed by atoms with Gasteiger partial charge in [0, 0.05) is 19.3 Å². The van der Waals surface area contributed by atoms with Crippen LogP contribution in [0.1, 0.15) is 342 Å². The third-order valence-corrected chi connectivity index (χ3v) is 14.0. The van der Waals surface area contributed by atoms with E-state index >= 15 is 0 Å². The molecule has 0 aromatic rings. The number of allylic oxidation sites excluding steroid dienone is 4. The Labute approximate surface area is 430 Å². The van der Waals surface area contributed by atoms with E-state index in [9.17, 15) is 14.4 Å². The van der Waals surface area contributed by atoms with E-state index in [4.69, 9.17) is 14.2 Å². The molecule has 0 rings (SSSR count). The van der Waals surface area contributed by atoms with Gasteiger partial charge in [0.05, 0.1) is 0 Å². The largest absolute Gasteiger partial charge is 0.462 e. The van der Waals surface area contributed by atoms with Crippen LogP contribution < -0.4 is 0 Å². The fourth-order valence-corrected chi connectivity index (χ4v) is 9.30. The average Bonchev–Trinajstić information content (AvgIpc) is 3.35. The lowest BCUT2D eigenvalue weighted by atomic mass is 10.0. The number of rotatable bonds is 57. The van der Waals surface area contributed by atoms with E-state index in [1.807, 2.05) is 0 Å². The van der Waals surface area contributed by atoms with E-state index in [0.29, 0.717) is 19.3 Å². The first-order chi connectivity index (χ1) is 34.0. The molecule has 69 heavy (non-hydrogen) atoms. The van der Waals surface area contributed by atoms with Gasteiger partial charge in [-0.25, -0.2) is 0 Å². The van der Waals surface area contributed by atoms with E-state index in [-0.39, 0.29) is 31.1 Å². The molecule has 1 unspecified atom stereocenters. The van der Waals surface area contributed by atoms with Gasteiger partial charge in [0.25, 0.3) is 0 Å². The molecule has 0 fully saturated rings. The van der Waals surface area contributed by atoms with Crippen LogP contribution in [0.5, 0.6) is 0 Å². The summed E-state index contributed by atoms with van der Waals surface area (Å²) in [5.41, 5.74) is 0. The van der Waals surface area contributed by atoms with Gasteiger partial charge in [-0.15, -0.1) is 0 Å². The standard InChI is InChI=1S/C63H118O6/c1-4-7-10-13-15-17-19-21-23-24-25-26-27-28-29-30-31-32-33-34-35-36-37-38-40-41-43-45-47-50-53-56-62(65)68-59-60(58-67-61(64)55-52-49-12-9-6-3)69-63(66)57-54-51-48-46-44-42-39-22-20-18-16-14-11-8-5-2/h16,18,22,39,60H,4-15,17,19-21,23-38,40-59H2,1-3H3/b18-16-,39-22-. The lowest BCUT2D eigenvalue weighted by Gasteiger charge is -2.18. The summed E-state index contributed by atoms with van der Waals surface area (Å²) in [5, 5.41) is 0. The Kier molecular flexibility index (Phi) is 56.7. The molecule has 0 aliphatic carbocycles. The third-order valence-electron chi connectivity index (χ3n) is 14.0. The number of unbranched alkanes of at least 4 members (excludes halogenated alkanes) is 42. The first-order valence-electron chi connectivity index (χ1n) is 30.8. The molecule has 0 aliphatic heterocycles. The van der Waals surface area contributed by atoms with Crippen molar-refractivity contribution in [3.63, 3.8) is 0 Å². The van der Waals surface area contributed by atoms with Crippen molar-refractivity contribution in [3.8, 4) is 0 Å². The summed E-state index contributed by atoms with van der Waals surface area (Å²) in [7, 11) is 0. The molecule has 1 atom stereocenters. The summed E-state index contributed by atoms with van der Waals surface area (Å²) in [4.78, 5) is 37.8. The van der Waals surface area contributed by atoms with E-state index in [2.05, 4.69) is 45.1 Å². The van der Waals surface area contributed by atoms with E-state index in [1.165, 1.54) is 218 Å². The van der Waals surface area contributed by atoms with Crippen molar-refractivity contribution < 1.29 is 28.6 Å². The quantitative estimate of drug-likeness (QED) is 0.0261. The highest BCUT2D eigenvalue weighted by molar-refractivity contribution is 5.71. The molecule has 0 radical (unpaired) electrons. The van der Waals surface area contributed by atoms with Gasteiger partial charge >= 0.3 is 17.9 Å². The fraction of sp³-hybridized carbons (Fsp3) is 0.889. The molecule has 6 heteroatoms. The van der Waals surface area contributed by atoms with Gasteiger partial charge in [-0.1, -0.05) is 295 Å². The van der Waals surface area contributed by atoms with Crippen LogP contribution in [0.4, 0.5) is 0 Å². The summed E-state index contributed by atoms with van der Waals surface area (Å²) in [6, 6.07) is 0. The van der Waals surface area contributed by atoms with Gasteiger partial charge in [0.2, 0.25) is 0 Å². The zero-order valence-corrected chi connectivity index (χ0v) is 46.6. The zero-order chi connectivity index (χ0) is 50.0. The number of carbonyl (C=O) groups is 3. The van der Waals surface area contributed by atoms with Crippen molar-refractivity contribution in [2.24, 2.45) is 0 Å². The lowest BCUT2D eigenvalue weighted by molar-refractivity contribution is -0.167. The Morgan fingerprint density at radius 2 is 0.522 bits per heavy atom. The highest BCUT2D eigenvalue weighted by atomic mass is 16.6. The van der Waals surface area contributed by atoms with Crippen molar-refractivity contribution in [2.45, 2.75) is 348 Å². The Balaban J connectivity index is 3.89. The van der Waals surface area contributed by atoms with Gasteiger partial charge < -0.3 is 14.2 Å². The SMILES string of the molecule is CCCCC/C=C\C/C=C\CCCCCCCC(=O)OC(COC(=O)CCCCCCC)COC(=O)CCCCCCCCCCCCCCCCCCCCCCCCCCCCCCCCC. The maximum absolute atomic E-state index is 12.7. The van der Waals surface area contributed by atoms with Crippen LogP contribution in [0.3, 0.4) is 0 Å². The van der Waals surface area contributed by atoms with Crippen molar-refractivity contribution in [2.75, 3.05) is 13.2 Å². The molecule has 0 aromatic carbocycles. The number of ether oxygens (including phenoxy) is 3. The molecule has 0 bridgehead atoms. The summed E-state index contributed by atoms with van der Waals surface area (Å²) in [6.45, 7) is 6.56. The van der Waals surface area contributed by atoms with Crippen molar-refractivity contribution in [3.05, 3.63) is 24.3 Å². The molecule has 0 amide bonds. The smallest absolute Gasteiger partial charge is 0.306 e. The molecule has 0 saturated heterocycles. The van der Waals surface area contributed by atoms with Crippen molar-refractivity contribution in [1.82, 2.24) is 0 Å². The van der Waals surface area contributed by atoms with Crippen LogP contribution in [-0.2, 0) is 28.6 Å². The Bertz CT molecular complexity index is 1110. The Morgan fingerprint density at radius 3 is 0.826 bits per heavy atom. The second kappa shape index (κ2) is 58.5. The minimum Gasteiger partial charge on any atom is -0.462 e. The van der Waals surface area contributed by atoms with E-state index in [0.717, 1.165) is 83.5 Å². The van der Waals surface area contributed by atoms with Crippen molar-refractivity contribution >= 4 is 17.9 Å². The highest BCUT2D eigenvalue weighted by Crippen LogP contribution is 2.18. The Hall–Kier alpha value is -2.11. The summed E-state index contributed by atoms with van der Waals surface area (Å²) in [5.74, 6) is -0.884. The van der Waals surface area contributed by atoms with Crippen molar-refractivity contribution in [1.29, 1.82) is 0 Å². The molecule has 0 N–H and O–H groups in total. The summed E-state index contributed by atoms with van der Waals surface area (Å²) < 4.78 is 16.7. The van der Waals surface area contributed by atoms with E-state index in [1.54, 1.807) is 0 Å². The average molecular weight is 972 g/mol. The van der Waals surface area contributed by atoms with Gasteiger partial charge in [-0.2, -0.15) is 0 Å². The van der Waals surface area contributed by atoms with Crippen LogP contribution in [0.2, 0.25) is 0 Å². The molecule has 6 nitrogen and oxygen atoms in total. The van der Waals surface area contributed by atoms with Gasteiger partial charge in [0.1, 0.15) is 13.2 Å². The number of hydrogen-bond donors (Lipinski definition) is 0. The number of hydrogen-bond acceptors (Lipinski definition) is 6. The predicted octanol–water partition coefficient (Wildman–Crippen LogP) is 20.7. The minimum absolute atomic E-state index is 0.0733. The lowest BCUT2D eigenvalue weighted by Crippen LogP contribution is -2.30. The highest BCUT2D eigenvalue weighted by Gasteiger charge is 2.19. The van der Waals surface area contributed by atoms with Crippen LogP contribution in [0.25, 0.3) is 0 Å². The first-order valence-corrected chi connectivity index (χ1v) is 30.8. The van der Waals surface area contributed by atoms with Gasteiger partial charge in [-0.05, 0) is 51.4 Å². The van der Waals surface area contributed by atoms with Crippen LogP contribution >= 0.6 is 0 Å². The number of carbonyl (C=O) groups excluding carboxylic acids is 3. The maximum atomic E-state index is 12.7. The minimum atomic E-state index is -0.771. The summed E-state index contributed by atoms with van der Waals surface area (Å²) in [6.07, 6.45) is 69.7. The van der Waals surface area contributed by atoms with Crippen LogP contribution in [-0.4, -0.2) is 37.2 Å². The Morgan fingerprint density at radius 1 is 0.290 bits per heavy atom. The molecular weight excluding hydrogens is 853 g/mol. The fourth-order valence-electron chi connectivity index (χ4n) is 9.30. The molecule has 0 saturated carbocycles. The molecule has 0 aliphatic rings. The van der Waals surface area contributed by atoms with Crippen LogP contribution in [0, 0.1) is 0 Å². The molecule has 0 spiro atoms. The zero-order valence-electron chi connectivity index (χ0n) is 46.6. The molecule has 406 valence electrons. The van der Waals surface area contributed by atoms with Gasteiger partial charge in [0.15, 0.2) is 6.10 Å². The molecule has 0 aromatic heterocycles. The first kappa shape index (κ1) is 66.9. The second-order valence-electron chi connectivity index (χ2n) is 21.0. The van der Waals surface area contributed by atoms with E-state index < -0.39 is 6.10 Å². The predicted molar refractivity (Wildman–Crippen MR) is 298 cm³/mol. The monoisotopic (exact) mass is 971 g/mol. The maximum Gasteiger partial charge on any atom is 0.306 e. The van der Waals surface area contributed by atoms with Crippen LogP contribution in [0.15, 0.2) is 24.3 Å². The second-order valence-corrected chi connectivity index (χ2v) is 21.0. The molecule has 0 heterocycles. The normalized spacial score (nSPS) is 12.1.